The SMILES string of the molecule is C.Cc1cccc(C)c1-c1ccc2c(c1)c1cccc3c4c(-c5ccccc5)c5c6cc7ccccc7c7cccc(c5c(-c5ccccc5)c4cc2c13)c76. The molecular weight excluding hydrogens is 661 g/mol. The monoisotopic (exact) mass is 698 g/mol. The summed E-state index contributed by atoms with van der Waals surface area (Å²) in [6.07, 6.45) is 0. The van der Waals surface area contributed by atoms with Crippen LogP contribution in [0, 0.1) is 13.8 Å². The van der Waals surface area contributed by atoms with Crippen molar-refractivity contribution < 1.29 is 0 Å². The lowest BCUT2D eigenvalue weighted by molar-refractivity contribution is 1.38. The van der Waals surface area contributed by atoms with Gasteiger partial charge in [-0.2, -0.15) is 0 Å². The Morgan fingerprint density at radius 3 is 1.53 bits per heavy atom. The quantitative estimate of drug-likeness (QED) is 0.161. The van der Waals surface area contributed by atoms with Crippen LogP contribution in [0.15, 0.2) is 170 Å². The maximum Gasteiger partial charge on any atom is -0.000697 e. The average molecular weight is 699 g/mol. The number of benzene rings is 10. The van der Waals surface area contributed by atoms with Crippen LogP contribution in [0.25, 0.3) is 120 Å². The Morgan fingerprint density at radius 1 is 0.255 bits per heavy atom. The van der Waals surface area contributed by atoms with Crippen molar-refractivity contribution in [3.8, 4) is 33.4 Å². The summed E-state index contributed by atoms with van der Waals surface area (Å²) in [7, 11) is 0. The first-order chi connectivity index (χ1) is 26.7. The molecule has 0 aliphatic heterocycles. The van der Waals surface area contributed by atoms with Gasteiger partial charge in [0.2, 0.25) is 0 Å². The topological polar surface area (TPSA) is 0 Å². The molecule has 0 radical (unpaired) electrons. The van der Waals surface area contributed by atoms with E-state index >= 15 is 0 Å². The predicted molar refractivity (Wildman–Crippen MR) is 241 cm³/mol. The molecule has 0 amide bonds. The molecule has 0 heterocycles. The molecule has 12 aromatic carbocycles. The van der Waals surface area contributed by atoms with E-state index in [1.165, 1.54) is 131 Å². The number of aryl methyl sites for hydroxylation is 2. The second-order valence-electron chi connectivity index (χ2n) is 15.2. The lowest BCUT2D eigenvalue weighted by Crippen LogP contribution is -1.91. The molecule has 0 saturated heterocycles. The highest BCUT2D eigenvalue weighted by Gasteiger charge is 2.27. The van der Waals surface area contributed by atoms with Gasteiger partial charge in [0, 0.05) is 0 Å². The third kappa shape index (κ3) is 4.23. The van der Waals surface area contributed by atoms with Gasteiger partial charge in [0.15, 0.2) is 0 Å². The van der Waals surface area contributed by atoms with Crippen molar-refractivity contribution in [2.75, 3.05) is 0 Å². The molecule has 0 unspecified atom stereocenters. The zero-order chi connectivity index (χ0) is 35.7. The van der Waals surface area contributed by atoms with Crippen LogP contribution in [0.1, 0.15) is 18.6 Å². The Morgan fingerprint density at radius 2 is 0.800 bits per heavy atom. The van der Waals surface area contributed by atoms with E-state index in [9.17, 15) is 0 Å². The minimum absolute atomic E-state index is 0. The molecule has 0 saturated carbocycles. The second kappa shape index (κ2) is 11.6. The molecule has 0 N–H and O–H groups in total. The Kier molecular flexibility index (Phi) is 6.70. The van der Waals surface area contributed by atoms with Crippen LogP contribution >= 0.6 is 0 Å². The molecule has 0 aliphatic carbocycles. The number of rotatable bonds is 3. The van der Waals surface area contributed by atoms with Crippen LogP contribution in [-0.2, 0) is 0 Å². The molecule has 0 bridgehead atoms. The van der Waals surface area contributed by atoms with E-state index in [4.69, 9.17) is 0 Å². The highest BCUT2D eigenvalue weighted by atomic mass is 14.3. The number of hydrogen-bond acceptors (Lipinski definition) is 0. The molecule has 0 aliphatic rings. The summed E-state index contributed by atoms with van der Waals surface area (Å²) >= 11 is 0. The molecule has 0 spiro atoms. The largest absolute Gasteiger partial charge is 0.0776 e. The molecule has 258 valence electrons. The van der Waals surface area contributed by atoms with Gasteiger partial charge in [-0.3, -0.25) is 0 Å². The zero-order valence-electron chi connectivity index (χ0n) is 30.2. The van der Waals surface area contributed by atoms with E-state index in [1.807, 2.05) is 0 Å². The lowest BCUT2D eigenvalue weighted by atomic mass is 9.84. The second-order valence-corrected chi connectivity index (χ2v) is 15.2. The maximum atomic E-state index is 2.54. The van der Waals surface area contributed by atoms with E-state index in [0.29, 0.717) is 0 Å². The maximum absolute atomic E-state index is 2.54. The third-order valence-corrected chi connectivity index (χ3v) is 12.3. The Labute approximate surface area is 320 Å². The van der Waals surface area contributed by atoms with Gasteiger partial charge in [0.25, 0.3) is 0 Å². The van der Waals surface area contributed by atoms with E-state index in [0.717, 1.165) is 0 Å². The third-order valence-electron chi connectivity index (χ3n) is 12.3. The minimum Gasteiger partial charge on any atom is -0.0776 e. The van der Waals surface area contributed by atoms with E-state index < -0.39 is 0 Å². The highest BCUT2D eigenvalue weighted by Crippen LogP contribution is 2.55. The van der Waals surface area contributed by atoms with Crippen molar-refractivity contribution >= 4 is 86.2 Å². The normalized spacial score (nSPS) is 12.0. The van der Waals surface area contributed by atoms with Crippen LogP contribution in [0.2, 0.25) is 0 Å². The van der Waals surface area contributed by atoms with Gasteiger partial charge in [-0.15, -0.1) is 0 Å². The molecule has 12 rings (SSSR count). The van der Waals surface area contributed by atoms with Gasteiger partial charge in [0.05, 0.1) is 0 Å². The molecule has 0 aromatic heterocycles. The fourth-order valence-corrected chi connectivity index (χ4v) is 10.2. The summed E-state index contributed by atoms with van der Waals surface area (Å²) in [5, 5.41) is 21.2. The first-order valence-electron chi connectivity index (χ1n) is 19.0. The van der Waals surface area contributed by atoms with Crippen LogP contribution in [0.3, 0.4) is 0 Å². The molecule has 0 nitrogen and oxygen atoms in total. The number of hydrogen-bond donors (Lipinski definition) is 0. The summed E-state index contributed by atoms with van der Waals surface area (Å²) in [4.78, 5) is 0. The molecule has 55 heavy (non-hydrogen) atoms. The van der Waals surface area contributed by atoms with E-state index in [-0.39, 0.29) is 7.43 Å². The number of fused-ring (bicyclic) bond motifs is 10. The first-order valence-corrected chi connectivity index (χ1v) is 19.0. The molecule has 12 aromatic rings. The van der Waals surface area contributed by atoms with Crippen LogP contribution in [0.5, 0.6) is 0 Å². The summed E-state index contributed by atoms with van der Waals surface area (Å²) in [6, 6.07) is 64.0. The van der Waals surface area contributed by atoms with Crippen molar-refractivity contribution in [2.45, 2.75) is 21.3 Å². The molecule has 0 heteroatoms. The van der Waals surface area contributed by atoms with E-state index in [2.05, 4.69) is 184 Å². The Bertz CT molecular complexity index is 3460. The molecular formula is C55H38. The van der Waals surface area contributed by atoms with Crippen LogP contribution < -0.4 is 0 Å². The van der Waals surface area contributed by atoms with E-state index in [1.54, 1.807) is 0 Å². The zero-order valence-corrected chi connectivity index (χ0v) is 30.2. The summed E-state index contributed by atoms with van der Waals surface area (Å²) < 4.78 is 0. The van der Waals surface area contributed by atoms with Crippen molar-refractivity contribution in [2.24, 2.45) is 0 Å². The van der Waals surface area contributed by atoms with Gasteiger partial charge in [0.1, 0.15) is 0 Å². The Balaban J connectivity index is 0.00000352. The van der Waals surface area contributed by atoms with Crippen LogP contribution in [-0.4, -0.2) is 0 Å². The highest BCUT2D eigenvalue weighted by molar-refractivity contribution is 6.46. The van der Waals surface area contributed by atoms with Gasteiger partial charge < -0.3 is 0 Å². The van der Waals surface area contributed by atoms with Crippen LogP contribution in [0.4, 0.5) is 0 Å². The Hall–Kier alpha value is -6.76. The smallest absolute Gasteiger partial charge is 0.000697 e. The van der Waals surface area contributed by atoms with Gasteiger partial charge >= 0.3 is 0 Å². The average Bonchev–Trinajstić information content (AvgIpc) is 3.71. The predicted octanol–water partition coefficient (Wildman–Crippen LogP) is 16.0. The first kappa shape index (κ1) is 31.7. The summed E-state index contributed by atoms with van der Waals surface area (Å²) in [5.74, 6) is 0. The summed E-state index contributed by atoms with van der Waals surface area (Å²) in [5.41, 5.74) is 10.4. The lowest BCUT2D eigenvalue weighted by Gasteiger charge is -2.19. The molecule has 0 fully saturated rings. The minimum atomic E-state index is 0. The molecule has 0 atom stereocenters. The van der Waals surface area contributed by atoms with Gasteiger partial charge in [-0.1, -0.05) is 159 Å². The standard InChI is InChI=1S/C54H34.CH4/c1-31-14-11-15-32(2)47(31)36-26-27-38-43(29-36)40-23-13-24-41-50(40)44(38)30-46-48(33-16-5-3-6-17-33)53-42-25-12-22-39-37-21-10-9-20-35(37)28-45(51(39)42)54(53)49(52(41)46)34-18-7-4-8-19-34;/h3-30H,1-2H3;1H4. The van der Waals surface area contributed by atoms with Gasteiger partial charge in [-0.25, -0.2) is 0 Å². The fourth-order valence-electron chi connectivity index (χ4n) is 10.2. The summed E-state index contributed by atoms with van der Waals surface area (Å²) in [6.45, 7) is 4.46. The van der Waals surface area contributed by atoms with Crippen molar-refractivity contribution in [1.29, 1.82) is 0 Å². The van der Waals surface area contributed by atoms with Crippen molar-refractivity contribution in [3.63, 3.8) is 0 Å². The van der Waals surface area contributed by atoms with Crippen molar-refractivity contribution in [1.82, 2.24) is 0 Å². The van der Waals surface area contributed by atoms with Gasteiger partial charge in [-0.05, 0) is 163 Å². The van der Waals surface area contributed by atoms with Crippen molar-refractivity contribution in [3.05, 3.63) is 181 Å². The fraction of sp³-hybridized carbons (Fsp3) is 0.0545.